The zero-order chi connectivity index (χ0) is 27.2. The number of benzene rings is 2. The van der Waals surface area contributed by atoms with E-state index in [4.69, 9.17) is 4.74 Å². The Balaban J connectivity index is 1.60. The molecule has 1 saturated heterocycles. The molecule has 2 heterocycles. The van der Waals surface area contributed by atoms with Crippen LogP contribution in [0.3, 0.4) is 0 Å². The Morgan fingerprint density at radius 2 is 1.63 bits per heavy atom. The SMILES string of the molecule is CCCCC(CC)C(=O)N1CCN(C(=O)c2cc(-c3ccc(OC)cc3)n(-c3ccccc3F)c2C)CC1. The minimum absolute atomic E-state index is 0.0568. The number of ether oxygens (including phenoxy) is 1. The summed E-state index contributed by atoms with van der Waals surface area (Å²) in [4.78, 5) is 30.5. The van der Waals surface area contributed by atoms with E-state index >= 15 is 0 Å². The van der Waals surface area contributed by atoms with Gasteiger partial charge in [-0.25, -0.2) is 4.39 Å². The third-order valence-corrected chi connectivity index (χ3v) is 7.58. The Morgan fingerprint density at radius 3 is 2.24 bits per heavy atom. The fourth-order valence-corrected chi connectivity index (χ4v) is 5.25. The van der Waals surface area contributed by atoms with E-state index in [1.165, 1.54) is 6.07 Å². The molecule has 0 spiro atoms. The zero-order valence-corrected chi connectivity index (χ0v) is 22.9. The van der Waals surface area contributed by atoms with Gasteiger partial charge >= 0.3 is 0 Å². The van der Waals surface area contributed by atoms with Crippen LogP contribution in [0, 0.1) is 18.7 Å². The molecule has 1 atom stereocenters. The van der Waals surface area contributed by atoms with Crippen LogP contribution in [0.2, 0.25) is 0 Å². The number of halogens is 1. The van der Waals surface area contributed by atoms with E-state index in [1.807, 2.05) is 51.6 Å². The van der Waals surface area contributed by atoms with Crippen molar-refractivity contribution in [2.75, 3.05) is 33.3 Å². The molecule has 38 heavy (non-hydrogen) atoms. The topological polar surface area (TPSA) is 54.8 Å². The third kappa shape index (κ3) is 5.62. The predicted octanol–water partition coefficient (Wildman–Crippen LogP) is 6.10. The summed E-state index contributed by atoms with van der Waals surface area (Å²) in [7, 11) is 1.61. The Labute approximate surface area is 225 Å². The maximum absolute atomic E-state index is 15.0. The number of carbonyl (C=O) groups is 2. The van der Waals surface area contributed by atoms with Crippen LogP contribution in [0.15, 0.2) is 54.6 Å². The lowest BCUT2D eigenvalue weighted by molar-refractivity contribution is -0.137. The van der Waals surface area contributed by atoms with Crippen molar-refractivity contribution < 1.29 is 18.7 Å². The maximum atomic E-state index is 15.0. The summed E-state index contributed by atoms with van der Waals surface area (Å²) in [5, 5.41) is 0. The molecule has 0 saturated carbocycles. The number of aromatic nitrogens is 1. The van der Waals surface area contributed by atoms with Crippen LogP contribution < -0.4 is 4.74 Å². The quantitative estimate of drug-likeness (QED) is 0.343. The van der Waals surface area contributed by atoms with Crippen molar-refractivity contribution in [1.29, 1.82) is 0 Å². The molecule has 1 aliphatic rings. The maximum Gasteiger partial charge on any atom is 0.255 e. The molecule has 2 aromatic carbocycles. The van der Waals surface area contributed by atoms with Gasteiger partial charge in [0.2, 0.25) is 5.91 Å². The van der Waals surface area contributed by atoms with Gasteiger partial charge < -0.3 is 19.1 Å². The fraction of sp³-hybridized carbons (Fsp3) is 0.419. The zero-order valence-electron chi connectivity index (χ0n) is 22.9. The number of rotatable bonds is 9. The summed E-state index contributed by atoms with van der Waals surface area (Å²) in [6.07, 6.45) is 3.89. The van der Waals surface area contributed by atoms with Crippen molar-refractivity contribution in [3.05, 3.63) is 71.7 Å². The van der Waals surface area contributed by atoms with E-state index in [0.29, 0.717) is 43.1 Å². The van der Waals surface area contributed by atoms with Gasteiger partial charge in [-0.2, -0.15) is 0 Å². The first-order valence-electron chi connectivity index (χ1n) is 13.6. The van der Waals surface area contributed by atoms with Crippen LogP contribution in [0.4, 0.5) is 4.39 Å². The molecular formula is C31H38FN3O3. The number of piperazine rings is 1. The van der Waals surface area contributed by atoms with Crippen LogP contribution >= 0.6 is 0 Å². The normalized spacial score (nSPS) is 14.4. The summed E-state index contributed by atoms with van der Waals surface area (Å²) >= 11 is 0. The molecule has 4 rings (SSSR count). The minimum atomic E-state index is -0.361. The van der Waals surface area contributed by atoms with Gasteiger partial charge in [0, 0.05) is 37.8 Å². The van der Waals surface area contributed by atoms with Crippen molar-refractivity contribution in [1.82, 2.24) is 14.4 Å². The summed E-state index contributed by atoms with van der Waals surface area (Å²) in [6.45, 7) is 8.10. The Hall–Kier alpha value is -3.61. The highest BCUT2D eigenvalue weighted by molar-refractivity contribution is 5.97. The highest BCUT2D eigenvalue weighted by Crippen LogP contribution is 2.32. The van der Waals surface area contributed by atoms with Gasteiger partial charge in [0.05, 0.1) is 24.1 Å². The van der Waals surface area contributed by atoms with Gasteiger partial charge in [0.25, 0.3) is 5.91 Å². The second-order valence-corrected chi connectivity index (χ2v) is 9.91. The van der Waals surface area contributed by atoms with Crippen LogP contribution in [0.5, 0.6) is 5.75 Å². The lowest BCUT2D eigenvalue weighted by Crippen LogP contribution is -2.52. The molecule has 1 unspecified atom stereocenters. The van der Waals surface area contributed by atoms with Crippen molar-refractivity contribution in [2.24, 2.45) is 5.92 Å². The molecule has 2 amide bonds. The molecule has 1 fully saturated rings. The van der Waals surface area contributed by atoms with E-state index in [-0.39, 0.29) is 23.5 Å². The molecule has 6 nitrogen and oxygen atoms in total. The molecule has 3 aromatic rings. The monoisotopic (exact) mass is 519 g/mol. The number of nitrogens with zero attached hydrogens (tertiary/aromatic N) is 3. The molecule has 0 aliphatic carbocycles. The predicted molar refractivity (Wildman–Crippen MR) is 148 cm³/mol. The molecule has 7 heteroatoms. The molecule has 1 aromatic heterocycles. The Bertz CT molecular complexity index is 1260. The van der Waals surface area contributed by atoms with Crippen molar-refractivity contribution in [3.63, 3.8) is 0 Å². The van der Waals surface area contributed by atoms with Crippen molar-refractivity contribution >= 4 is 11.8 Å². The van der Waals surface area contributed by atoms with Gasteiger partial charge in [-0.15, -0.1) is 0 Å². The first kappa shape index (κ1) is 27.4. The second-order valence-electron chi connectivity index (χ2n) is 9.91. The summed E-state index contributed by atoms with van der Waals surface area (Å²) in [5.41, 5.74) is 3.18. The van der Waals surface area contributed by atoms with Gasteiger partial charge in [0.1, 0.15) is 11.6 Å². The van der Waals surface area contributed by atoms with E-state index < -0.39 is 0 Å². The lowest BCUT2D eigenvalue weighted by atomic mass is 9.97. The number of hydrogen-bond acceptors (Lipinski definition) is 3. The fourth-order valence-electron chi connectivity index (χ4n) is 5.25. The summed E-state index contributed by atoms with van der Waals surface area (Å²) in [5.74, 6) is 0.523. The highest BCUT2D eigenvalue weighted by Gasteiger charge is 2.30. The van der Waals surface area contributed by atoms with E-state index in [1.54, 1.807) is 25.3 Å². The minimum Gasteiger partial charge on any atom is -0.497 e. The van der Waals surface area contributed by atoms with E-state index in [2.05, 4.69) is 13.8 Å². The Morgan fingerprint density at radius 1 is 0.974 bits per heavy atom. The van der Waals surface area contributed by atoms with Crippen LogP contribution in [0.1, 0.15) is 55.6 Å². The molecule has 1 aliphatic heterocycles. The first-order chi connectivity index (χ1) is 18.4. The first-order valence-corrected chi connectivity index (χ1v) is 13.6. The van der Waals surface area contributed by atoms with E-state index in [9.17, 15) is 14.0 Å². The number of hydrogen-bond donors (Lipinski definition) is 0. The highest BCUT2D eigenvalue weighted by atomic mass is 19.1. The second kappa shape index (κ2) is 12.3. The average Bonchev–Trinajstić information content (AvgIpc) is 3.29. The van der Waals surface area contributed by atoms with Crippen molar-refractivity contribution in [2.45, 2.75) is 46.5 Å². The summed E-state index contributed by atoms with van der Waals surface area (Å²) < 4.78 is 22.1. The molecule has 0 N–H and O–H groups in total. The third-order valence-electron chi connectivity index (χ3n) is 7.58. The molecule has 0 radical (unpaired) electrons. The van der Waals surface area contributed by atoms with Crippen LogP contribution in [0.25, 0.3) is 16.9 Å². The van der Waals surface area contributed by atoms with Gasteiger partial charge in [-0.05, 0) is 67.8 Å². The van der Waals surface area contributed by atoms with Gasteiger partial charge in [-0.3, -0.25) is 9.59 Å². The summed E-state index contributed by atoms with van der Waals surface area (Å²) in [6, 6.07) is 16.0. The van der Waals surface area contributed by atoms with E-state index in [0.717, 1.165) is 42.7 Å². The number of carbonyl (C=O) groups excluding carboxylic acids is 2. The van der Waals surface area contributed by atoms with Gasteiger partial charge in [-0.1, -0.05) is 38.8 Å². The largest absolute Gasteiger partial charge is 0.497 e. The lowest BCUT2D eigenvalue weighted by Gasteiger charge is -2.36. The Kier molecular flexibility index (Phi) is 8.87. The standard InChI is InChI=1S/C31H38FN3O3/c1-5-7-10-23(6-2)30(36)33-17-19-34(20-18-33)31(37)26-21-29(24-13-15-25(38-4)16-14-24)35(22(26)3)28-12-9-8-11-27(28)32/h8-9,11-16,21,23H,5-7,10,17-20H2,1-4H3. The number of amides is 2. The van der Waals surface area contributed by atoms with Gasteiger partial charge in [0.15, 0.2) is 0 Å². The smallest absolute Gasteiger partial charge is 0.255 e. The average molecular weight is 520 g/mol. The van der Waals surface area contributed by atoms with Crippen LogP contribution in [-0.4, -0.2) is 59.5 Å². The molecular weight excluding hydrogens is 481 g/mol. The number of unbranched alkanes of at least 4 members (excludes halogenated alkanes) is 1. The number of para-hydroxylation sites is 1. The molecule has 202 valence electrons. The van der Waals surface area contributed by atoms with Crippen LogP contribution in [-0.2, 0) is 4.79 Å². The number of methoxy groups -OCH3 is 1. The van der Waals surface area contributed by atoms with Crippen molar-refractivity contribution in [3.8, 4) is 22.7 Å². The molecule has 0 bridgehead atoms.